The van der Waals surface area contributed by atoms with Crippen LogP contribution >= 0.6 is 0 Å². The summed E-state index contributed by atoms with van der Waals surface area (Å²) in [6.07, 6.45) is 9.26. The second-order valence-corrected chi connectivity index (χ2v) is 5.38. The first kappa shape index (κ1) is 14.2. The van der Waals surface area contributed by atoms with E-state index < -0.39 is 0 Å². The zero-order valence-corrected chi connectivity index (χ0v) is 12.9. The van der Waals surface area contributed by atoms with Crippen LogP contribution in [0.2, 0.25) is 0 Å². The molecule has 0 amide bonds. The van der Waals surface area contributed by atoms with Gasteiger partial charge in [-0.25, -0.2) is 0 Å². The highest BCUT2D eigenvalue weighted by molar-refractivity contribution is 5.95. The normalized spacial score (nSPS) is 10.6. The summed E-state index contributed by atoms with van der Waals surface area (Å²) < 4.78 is 2.18. The zero-order chi connectivity index (χ0) is 15.7. The Morgan fingerprint density at radius 2 is 1.95 bits per heavy atom. The molecule has 0 spiro atoms. The molecule has 0 unspecified atom stereocenters. The molecular formula is C20H18N2. The van der Waals surface area contributed by atoms with Crippen molar-refractivity contribution < 1.29 is 0 Å². The molecule has 2 nitrogen and oxygen atoms in total. The van der Waals surface area contributed by atoms with Crippen LogP contribution in [-0.2, 0) is 6.54 Å². The maximum Gasteiger partial charge on any atom is 0.0945 e. The van der Waals surface area contributed by atoms with Crippen molar-refractivity contribution in [1.82, 2.24) is 9.55 Å². The van der Waals surface area contributed by atoms with Gasteiger partial charge in [0.25, 0.3) is 0 Å². The van der Waals surface area contributed by atoms with Gasteiger partial charge in [-0.1, -0.05) is 42.8 Å². The van der Waals surface area contributed by atoms with Crippen molar-refractivity contribution in [2.24, 2.45) is 0 Å². The molecule has 108 valence electrons. The molecule has 0 fully saturated rings. The number of hydrogen-bond donors (Lipinski definition) is 0. The highest BCUT2D eigenvalue weighted by Crippen LogP contribution is 2.32. The van der Waals surface area contributed by atoms with Gasteiger partial charge in [-0.05, 0) is 31.0 Å². The number of fused-ring (bicyclic) bond motifs is 1. The Kier molecular flexibility index (Phi) is 3.56. The second kappa shape index (κ2) is 5.54. The minimum absolute atomic E-state index is 0.555. The molecule has 0 aliphatic carbocycles. The first-order valence-corrected chi connectivity index (χ1v) is 7.28. The van der Waals surface area contributed by atoms with Gasteiger partial charge in [-0.3, -0.25) is 4.98 Å². The highest BCUT2D eigenvalue weighted by Gasteiger charge is 2.15. The Balaban J connectivity index is 2.31. The second-order valence-electron chi connectivity index (χ2n) is 5.38. The van der Waals surface area contributed by atoms with Gasteiger partial charge < -0.3 is 4.57 Å². The number of benzene rings is 1. The van der Waals surface area contributed by atoms with Gasteiger partial charge in [0, 0.05) is 22.8 Å². The van der Waals surface area contributed by atoms with Crippen LogP contribution in [0, 0.1) is 26.2 Å². The summed E-state index contributed by atoms with van der Waals surface area (Å²) in [6.45, 7) is 8.59. The summed E-state index contributed by atoms with van der Waals surface area (Å²) >= 11 is 0. The van der Waals surface area contributed by atoms with Gasteiger partial charge in [0.15, 0.2) is 0 Å². The first-order chi connectivity index (χ1) is 10.7. The summed E-state index contributed by atoms with van der Waals surface area (Å²) in [5.41, 5.74) is 6.73. The van der Waals surface area contributed by atoms with E-state index in [-0.39, 0.29) is 0 Å². The smallest absolute Gasteiger partial charge is 0.0945 e. The van der Waals surface area contributed by atoms with E-state index in [1.54, 1.807) is 0 Å². The van der Waals surface area contributed by atoms with E-state index in [4.69, 9.17) is 6.42 Å². The molecule has 2 heterocycles. The van der Waals surface area contributed by atoms with Crippen molar-refractivity contribution in [1.29, 1.82) is 0 Å². The highest BCUT2D eigenvalue weighted by atomic mass is 15.0. The number of aryl methyl sites for hydroxylation is 1. The molecule has 0 N–H and O–H groups in total. The molecule has 22 heavy (non-hydrogen) atoms. The maximum absolute atomic E-state index is 5.55. The van der Waals surface area contributed by atoms with Gasteiger partial charge in [0.2, 0.25) is 0 Å². The number of pyridine rings is 1. The fourth-order valence-electron chi connectivity index (χ4n) is 2.87. The van der Waals surface area contributed by atoms with Gasteiger partial charge >= 0.3 is 0 Å². The molecule has 2 heteroatoms. The number of aromatic nitrogens is 2. The van der Waals surface area contributed by atoms with Gasteiger partial charge in [0.1, 0.15) is 0 Å². The molecule has 0 saturated carbocycles. The van der Waals surface area contributed by atoms with Crippen LogP contribution in [0.4, 0.5) is 0 Å². The fourth-order valence-corrected chi connectivity index (χ4v) is 2.87. The minimum atomic E-state index is 0.555. The Hall–Kier alpha value is -2.79. The molecule has 2 aromatic heterocycles. The number of hydrogen-bond acceptors (Lipinski definition) is 1. The molecule has 0 aliphatic rings. The summed E-state index contributed by atoms with van der Waals surface area (Å²) in [6, 6.07) is 10.3. The Labute approximate surface area is 131 Å². The van der Waals surface area contributed by atoms with Crippen molar-refractivity contribution >= 4 is 17.0 Å². The van der Waals surface area contributed by atoms with E-state index in [2.05, 4.69) is 66.2 Å². The summed E-state index contributed by atoms with van der Waals surface area (Å²) in [5.74, 6) is 2.75. The van der Waals surface area contributed by atoms with Crippen LogP contribution in [0.15, 0.2) is 43.1 Å². The van der Waals surface area contributed by atoms with E-state index in [1.165, 1.54) is 16.6 Å². The predicted molar refractivity (Wildman–Crippen MR) is 93.6 cm³/mol. The van der Waals surface area contributed by atoms with Crippen LogP contribution < -0.4 is 0 Å². The SMILES string of the molecule is C#CCn1c(C)c(C)c2ccnc(-c3ccc(C=C)cc3)c21. The Morgan fingerprint density at radius 1 is 1.23 bits per heavy atom. The average molecular weight is 286 g/mol. The average Bonchev–Trinajstić information content (AvgIpc) is 2.80. The topological polar surface area (TPSA) is 17.8 Å². The molecule has 0 saturated heterocycles. The minimum Gasteiger partial charge on any atom is -0.331 e. The van der Waals surface area contributed by atoms with E-state index in [0.717, 1.165) is 22.3 Å². The molecule has 3 aromatic rings. The quantitative estimate of drug-likeness (QED) is 0.644. The third kappa shape index (κ3) is 2.12. The largest absolute Gasteiger partial charge is 0.331 e. The van der Waals surface area contributed by atoms with Crippen molar-refractivity contribution in [3.63, 3.8) is 0 Å². The van der Waals surface area contributed by atoms with Crippen molar-refractivity contribution in [3.05, 3.63) is 59.9 Å². The molecule has 1 aromatic carbocycles. The van der Waals surface area contributed by atoms with Crippen molar-refractivity contribution in [3.8, 4) is 23.6 Å². The first-order valence-electron chi connectivity index (χ1n) is 7.28. The third-order valence-corrected chi connectivity index (χ3v) is 4.21. The number of terminal acetylenes is 1. The maximum atomic E-state index is 5.55. The van der Waals surface area contributed by atoms with Crippen molar-refractivity contribution in [2.45, 2.75) is 20.4 Å². The lowest BCUT2D eigenvalue weighted by Crippen LogP contribution is -2.00. The van der Waals surface area contributed by atoms with E-state index in [1.807, 2.05) is 12.3 Å². The van der Waals surface area contributed by atoms with Gasteiger partial charge in [-0.15, -0.1) is 6.42 Å². The van der Waals surface area contributed by atoms with E-state index in [0.29, 0.717) is 6.54 Å². The third-order valence-electron chi connectivity index (χ3n) is 4.21. The van der Waals surface area contributed by atoms with E-state index >= 15 is 0 Å². The van der Waals surface area contributed by atoms with Crippen LogP contribution in [0.3, 0.4) is 0 Å². The standard InChI is InChI=1S/C20H18N2/c1-5-13-22-15(4)14(3)18-11-12-21-19(20(18)22)17-9-7-16(6-2)8-10-17/h1,6-12H,2,13H2,3-4H3. The predicted octanol–water partition coefficient (Wildman–Crippen LogP) is 4.60. The van der Waals surface area contributed by atoms with Gasteiger partial charge in [-0.2, -0.15) is 0 Å². The molecule has 0 radical (unpaired) electrons. The Morgan fingerprint density at radius 3 is 2.59 bits per heavy atom. The van der Waals surface area contributed by atoms with E-state index in [9.17, 15) is 0 Å². The molecule has 0 bridgehead atoms. The lowest BCUT2D eigenvalue weighted by molar-refractivity contribution is 0.841. The lowest BCUT2D eigenvalue weighted by atomic mass is 10.1. The summed E-state index contributed by atoms with van der Waals surface area (Å²) in [7, 11) is 0. The molecular weight excluding hydrogens is 268 g/mol. The number of nitrogens with zero attached hydrogens (tertiary/aromatic N) is 2. The van der Waals surface area contributed by atoms with Crippen LogP contribution in [0.25, 0.3) is 28.2 Å². The van der Waals surface area contributed by atoms with Crippen LogP contribution in [0.1, 0.15) is 16.8 Å². The summed E-state index contributed by atoms with van der Waals surface area (Å²) in [5, 5.41) is 1.21. The zero-order valence-electron chi connectivity index (χ0n) is 12.9. The fraction of sp³-hybridized carbons (Fsp3) is 0.150. The molecule has 0 atom stereocenters. The molecule has 0 aliphatic heterocycles. The van der Waals surface area contributed by atoms with Gasteiger partial charge in [0.05, 0.1) is 17.8 Å². The van der Waals surface area contributed by atoms with Crippen LogP contribution in [0.5, 0.6) is 0 Å². The summed E-state index contributed by atoms with van der Waals surface area (Å²) in [4.78, 5) is 4.61. The van der Waals surface area contributed by atoms with Crippen molar-refractivity contribution in [2.75, 3.05) is 0 Å². The monoisotopic (exact) mass is 286 g/mol. The number of rotatable bonds is 3. The lowest BCUT2D eigenvalue weighted by Gasteiger charge is -2.08. The molecule has 3 rings (SSSR count). The Bertz CT molecular complexity index is 890. The van der Waals surface area contributed by atoms with Crippen LogP contribution in [-0.4, -0.2) is 9.55 Å².